The lowest BCUT2D eigenvalue weighted by Gasteiger charge is -2.35. The third kappa shape index (κ3) is 5.45. The van der Waals surface area contributed by atoms with Gasteiger partial charge in [-0.1, -0.05) is 24.4 Å². The zero-order valence-electron chi connectivity index (χ0n) is 20.5. The van der Waals surface area contributed by atoms with Crippen LogP contribution in [-0.4, -0.2) is 75.8 Å². The number of aromatic nitrogens is 5. The van der Waals surface area contributed by atoms with Crippen molar-refractivity contribution in [3.63, 3.8) is 0 Å². The van der Waals surface area contributed by atoms with Crippen molar-refractivity contribution in [3.05, 3.63) is 35.0 Å². The SMILES string of the molecule is C=Cc1nnn(OCCCC(=O)N2CCN(c3nc(NC)nc4sc(CC)cc34)CC2)c1/C=C\C. The number of amides is 1. The fourth-order valence-electron chi connectivity index (χ4n) is 4.02. The van der Waals surface area contributed by atoms with Crippen LogP contribution >= 0.6 is 11.3 Å². The maximum absolute atomic E-state index is 12.8. The Balaban J connectivity index is 1.30. The van der Waals surface area contributed by atoms with Crippen molar-refractivity contribution in [3.8, 4) is 0 Å². The number of aryl methyl sites for hydroxylation is 1. The Labute approximate surface area is 209 Å². The van der Waals surface area contributed by atoms with E-state index in [2.05, 4.69) is 45.1 Å². The van der Waals surface area contributed by atoms with E-state index in [0.29, 0.717) is 44.2 Å². The molecule has 0 aliphatic carbocycles. The second-order valence-corrected chi connectivity index (χ2v) is 9.26. The number of piperazine rings is 1. The first-order valence-electron chi connectivity index (χ1n) is 11.9. The number of nitrogens with zero attached hydrogens (tertiary/aromatic N) is 7. The Morgan fingerprint density at radius 2 is 2.09 bits per heavy atom. The number of carbonyl (C=O) groups is 1. The van der Waals surface area contributed by atoms with Crippen LogP contribution in [0.5, 0.6) is 0 Å². The molecular formula is C24H32N8O2S. The second kappa shape index (κ2) is 11.3. The van der Waals surface area contributed by atoms with E-state index in [9.17, 15) is 4.79 Å². The molecule has 0 unspecified atom stereocenters. The fraction of sp³-hybridized carbons (Fsp3) is 0.458. The number of thiophene rings is 1. The highest BCUT2D eigenvalue weighted by atomic mass is 32.1. The molecule has 1 aliphatic rings. The van der Waals surface area contributed by atoms with Crippen LogP contribution in [0, 0.1) is 0 Å². The van der Waals surface area contributed by atoms with Crippen molar-refractivity contribution in [2.24, 2.45) is 0 Å². The quantitative estimate of drug-likeness (QED) is 0.427. The van der Waals surface area contributed by atoms with Gasteiger partial charge in [0.15, 0.2) is 0 Å². The van der Waals surface area contributed by atoms with Crippen LogP contribution in [0.25, 0.3) is 22.4 Å². The summed E-state index contributed by atoms with van der Waals surface area (Å²) in [6.07, 6.45) is 7.40. The molecule has 0 aromatic carbocycles. The molecule has 4 heterocycles. The highest BCUT2D eigenvalue weighted by Crippen LogP contribution is 2.32. The van der Waals surface area contributed by atoms with Gasteiger partial charge in [-0.15, -0.1) is 16.4 Å². The van der Waals surface area contributed by atoms with Crippen molar-refractivity contribution in [2.75, 3.05) is 50.1 Å². The predicted molar refractivity (Wildman–Crippen MR) is 141 cm³/mol. The van der Waals surface area contributed by atoms with Crippen molar-refractivity contribution < 1.29 is 9.63 Å². The minimum absolute atomic E-state index is 0.139. The van der Waals surface area contributed by atoms with Gasteiger partial charge in [-0.25, -0.2) is 4.98 Å². The fourth-order valence-corrected chi connectivity index (χ4v) is 4.98. The van der Waals surface area contributed by atoms with Gasteiger partial charge in [0, 0.05) is 44.5 Å². The van der Waals surface area contributed by atoms with Gasteiger partial charge in [-0.2, -0.15) is 4.98 Å². The summed E-state index contributed by atoms with van der Waals surface area (Å²) in [7, 11) is 1.84. The summed E-state index contributed by atoms with van der Waals surface area (Å²) >= 11 is 1.71. The van der Waals surface area contributed by atoms with E-state index in [0.717, 1.165) is 41.2 Å². The number of hydrogen-bond acceptors (Lipinski definition) is 9. The number of carbonyl (C=O) groups excluding carboxylic acids is 1. The maximum Gasteiger partial charge on any atom is 0.225 e. The highest BCUT2D eigenvalue weighted by Gasteiger charge is 2.24. The number of allylic oxidation sites excluding steroid dienone is 1. The molecule has 0 radical (unpaired) electrons. The van der Waals surface area contributed by atoms with Crippen molar-refractivity contribution >= 4 is 51.4 Å². The summed E-state index contributed by atoms with van der Waals surface area (Å²) in [4.78, 5) is 35.7. The normalized spacial score (nSPS) is 14.1. The van der Waals surface area contributed by atoms with Crippen LogP contribution in [0.3, 0.4) is 0 Å². The first kappa shape index (κ1) is 24.6. The molecule has 1 N–H and O–H groups in total. The molecule has 1 amide bonds. The van der Waals surface area contributed by atoms with Crippen molar-refractivity contribution in [1.29, 1.82) is 0 Å². The molecular weight excluding hydrogens is 464 g/mol. The van der Waals surface area contributed by atoms with E-state index in [1.807, 2.05) is 31.0 Å². The number of hydrogen-bond donors (Lipinski definition) is 1. The van der Waals surface area contributed by atoms with Gasteiger partial charge in [0.05, 0.1) is 5.39 Å². The van der Waals surface area contributed by atoms with Gasteiger partial charge < -0.3 is 20.0 Å². The minimum Gasteiger partial charge on any atom is -0.395 e. The molecule has 3 aromatic heterocycles. The smallest absolute Gasteiger partial charge is 0.225 e. The molecule has 186 valence electrons. The standard InChI is InChI=1S/C24H32N8O2S/c1-5-9-20-19(7-3)28-29-32(20)34-15-8-10-21(33)30-11-13-31(14-12-30)22-18-16-17(6-2)35-23(18)27-24(25-4)26-22/h5,7,9,16H,3,6,8,10-15H2,1-2,4H3,(H,25,26,27)/b9-5-. The topological polar surface area (TPSA) is 101 Å². The monoisotopic (exact) mass is 496 g/mol. The van der Waals surface area contributed by atoms with Crippen LogP contribution in [0.4, 0.5) is 11.8 Å². The Kier molecular flexibility index (Phi) is 7.96. The third-order valence-electron chi connectivity index (χ3n) is 5.90. The van der Waals surface area contributed by atoms with Crippen LogP contribution in [0.15, 0.2) is 18.7 Å². The first-order chi connectivity index (χ1) is 17.1. The zero-order chi connectivity index (χ0) is 24.8. The average molecular weight is 497 g/mol. The average Bonchev–Trinajstić information content (AvgIpc) is 3.49. The molecule has 0 saturated carbocycles. The zero-order valence-corrected chi connectivity index (χ0v) is 21.3. The van der Waals surface area contributed by atoms with Gasteiger partial charge in [-0.3, -0.25) is 4.79 Å². The molecule has 1 aliphatic heterocycles. The van der Waals surface area contributed by atoms with Gasteiger partial charge >= 0.3 is 0 Å². The molecule has 0 bridgehead atoms. The summed E-state index contributed by atoms with van der Waals surface area (Å²) in [6, 6.07) is 2.20. The van der Waals surface area contributed by atoms with E-state index in [-0.39, 0.29) is 5.91 Å². The Bertz CT molecular complexity index is 1210. The molecule has 0 atom stereocenters. The van der Waals surface area contributed by atoms with Gasteiger partial charge in [0.25, 0.3) is 0 Å². The first-order valence-corrected chi connectivity index (χ1v) is 12.7. The highest BCUT2D eigenvalue weighted by molar-refractivity contribution is 7.18. The molecule has 10 nitrogen and oxygen atoms in total. The molecule has 3 aromatic rings. The minimum atomic E-state index is 0.139. The lowest BCUT2D eigenvalue weighted by Crippen LogP contribution is -2.49. The van der Waals surface area contributed by atoms with E-state index in [4.69, 9.17) is 9.82 Å². The number of fused-ring (bicyclic) bond motifs is 1. The summed E-state index contributed by atoms with van der Waals surface area (Å²) in [5.41, 5.74) is 1.40. The van der Waals surface area contributed by atoms with E-state index in [1.54, 1.807) is 17.4 Å². The third-order valence-corrected chi connectivity index (χ3v) is 7.07. The number of nitrogens with one attached hydrogen (secondary N) is 1. The van der Waals surface area contributed by atoms with Gasteiger partial charge in [0.1, 0.15) is 28.6 Å². The Hall–Kier alpha value is -3.47. The van der Waals surface area contributed by atoms with E-state index < -0.39 is 0 Å². The molecule has 0 spiro atoms. The predicted octanol–water partition coefficient (Wildman–Crippen LogP) is 3.12. The number of anilines is 2. The van der Waals surface area contributed by atoms with E-state index in [1.165, 1.54) is 9.72 Å². The molecule has 1 fully saturated rings. The maximum atomic E-state index is 12.8. The largest absolute Gasteiger partial charge is 0.395 e. The van der Waals surface area contributed by atoms with Crippen LogP contribution in [0.2, 0.25) is 0 Å². The van der Waals surface area contributed by atoms with Gasteiger partial charge in [-0.05, 0) is 43.2 Å². The number of rotatable bonds is 10. The van der Waals surface area contributed by atoms with Gasteiger partial charge in [0.2, 0.25) is 11.9 Å². The summed E-state index contributed by atoms with van der Waals surface area (Å²) in [6.45, 7) is 11.0. The Morgan fingerprint density at radius 1 is 1.29 bits per heavy atom. The molecule has 11 heteroatoms. The van der Waals surface area contributed by atoms with Crippen molar-refractivity contribution in [2.45, 2.75) is 33.1 Å². The summed E-state index contributed by atoms with van der Waals surface area (Å²) in [5, 5.41) is 12.2. The summed E-state index contributed by atoms with van der Waals surface area (Å²) < 4.78 is 0. The van der Waals surface area contributed by atoms with Crippen LogP contribution < -0.4 is 15.1 Å². The second-order valence-electron chi connectivity index (χ2n) is 8.15. The van der Waals surface area contributed by atoms with Crippen LogP contribution in [0.1, 0.15) is 43.0 Å². The lowest BCUT2D eigenvalue weighted by atomic mass is 10.2. The lowest BCUT2D eigenvalue weighted by molar-refractivity contribution is -0.131. The van der Waals surface area contributed by atoms with E-state index >= 15 is 0 Å². The summed E-state index contributed by atoms with van der Waals surface area (Å²) in [5.74, 6) is 1.71. The molecule has 35 heavy (non-hydrogen) atoms. The molecule has 1 saturated heterocycles. The van der Waals surface area contributed by atoms with Crippen LogP contribution in [-0.2, 0) is 11.2 Å². The Morgan fingerprint density at radius 3 is 2.77 bits per heavy atom. The van der Waals surface area contributed by atoms with Crippen molar-refractivity contribution in [1.82, 2.24) is 30.0 Å². The molecule has 4 rings (SSSR count).